The van der Waals surface area contributed by atoms with Crippen LogP contribution in [-0.2, 0) is 10.1 Å². The Labute approximate surface area is 110 Å². The summed E-state index contributed by atoms with van der Waals surface area (Å²) in [5.41, 5.74) is 0.551. The molecule has 0 saturated heterocycles. The zero-order chi connectivity index (χ0) is 14.2. The van der Waals surface area contributed by atoms with Crippen LogP contribution in [0, 0.1) is 6.92 Å². The van der Waals surface area contributed by atoms with Crippen molar-refractivity contribution in [2.75, 3.05) is 19.6 Å². The third-order valence-electron chi connectivity index (χ3n) is 2.71. The number of nitrogens with zero attached hydrogens (tertiary/aromatic N) is 1. The number of rotatable bonds is 4. The van der Waals surface area contributed by atoms with E-state index < -0.39 is 10.1 Å². The average molecular weight is 273 g/mol. The van der Waals surface area contributed by atoms with E-state index in [2.05, 4.69) is 25.7 Å². The molecule has 104 valence electrons. The Morgan fingerprint density at radius 2 is 1.50 bits per heavy atom. The zero-order valence-electron chi connectivity index (χ0n) is 11.5. The fourth-order valence-corrected chi connectivity index (χ4v) is 2.24. The molecular weight excluding hydrogens is 250 g/mol. The van der Waals surface area contributed by atoms with Crippen LogP contribution in [0.2, 0.25) is 0 Å². The van der Waals surface area contributed by atoms with Gasteiger partial charge in [0.1, 0.15) is 0 Å². The molecule has 0 amide bonds. The summed E-state index contributed by atoms with van der Waals surface area (Å²) in [5.74, 6) is 0. The van der Waals surface area contributed by atoms with Gasteiger partial charge in [-0.25, -0.2) is 0 Å². The van der Waals surface area contributed by atoms with Crippen molar-refractivity contribution in [3.8, 4) is 0 Å². The molecule has 0 aliphatic heterocycles. The predicted molar refractivity (Wildman–Crippen MR) is 74.5 cm³/mol. The number of benzene rings is 1. The highest BCUT2D eigenvalue weighted by Gasteiger charge is 2.10. The Balaban J connectivity index is 0.000000360. The van der Waals surface area contributed by atoms with Crippen molar-refractivity contribution < 1.29 is 13.0 Å². The Morgan fingerprint density at radius 1 is 1.06 bits per heavy atom. The van der Waals surface area contributed by atoms with Crippen LogP contribution in [0.15, 0.2) is 29.2 Å². The second-order valence-corrected chi connectivity index (χ2v) is 5.25. The van der Waals surface area contributed by atoms with Gasteiger partial charge in [0.25, 0.3) is 10.1 Å². The molecule has 0 radical (unpaired) electrons. The predicted octanol–water partition coefficient (Wildman–Crippen LogP) is 2.59. The monoisotopic (exact) mass is 273 g/mol. The largest absolute Gasteiger partial charge is 0.304 e. The molecule has 18 heavy (non-hydrogen) atoms. The molecule has 5 heteroatoms. The quantitative estimate of drug-likeness (QED) is 0.857. The van der Waals surface area contributed by atoms with Gasteiger partial charge in [-0.1, -0.05) is 39.0 Å². The van der Waals surface area contributed by atoms with Gasteiger partial charge >= 0.3 is 0 Å². The van der Waals surface area contributed by atoms with Crippen LogP contribution in [0.5, 0.6) is 0 Å². The van der Waals surface area contributed by atoms with E-state index in [1.165, 1.54) is 25.7 Å². The maximum absolute atomic E-state index is 10.6. The van der Waals surface area contributed by atoms with Gasteiger partial charge in [0.15, 0.2) is 0 Å². The minimum absolute atomic E-state index is 0.0278. The molecule has 1 N–H and O–H groups in total. The third kappa shape index (κ3) is 6.14. The Bertz CT molecular complexity index is 434. The summed E-state index contributed by atoms with van der Waals surface area (Å²) in [6.45, 7) is 11.8. The first kappa shape index (κ1) is 17.1. The maximum atomic E-state index is 10.6. The van der Waals surface area contributed by atoms with Crippen molar-refractivity contribution >= 4 is 10.1 Å². The van der Waals surface area contributed by atoms with E-state index in [0.717, 1.165) is 0 Å². The highest BCUT2D eigenvalue weighted by Crippen LogP contribution is 2.12. The first-order valence-electron chi connectivity index (χ1n) is 6.12. The smallest absolute Gasteiger partial charge is 0.294 e. The van der Waals surface area contributed by atoms with Crippen molar-refractivity contribution in [1.29, 1.82) is 0 Å². The van der Waals surface area contributed by atoms with Gasteiger partial charge in [-0.2, -0.15) is 8.42 Å². The molecular formula is C13H23NO3S. The molecule has 1 aromatic rings. The Morgan fingerprint density at radius 3 is 1.72 bits per heavy atom. The van der Waals surface area contributed by atoms with Gasteiger partial charge in [-0.15, -0.1) is 0 Å². The summed E-state index contributed by atoms with van der Waals surface area (Å²) in [7, 11) is -4.03. The van der Waals surface area contributed by atoms with E-state index in [4.69, 9.17) is 4.55 Å². The van der Waals surface area contributed by atoms with Gasteiger partial charge < -0.3 is 4.90 Å². The van der Waals surface area contributed by atoms with Crippen molar-refractivity contribution in [2.45, 2.75) is 32.6 Å². The number of hydrogen-bond acceptors (Lipinski definition) is 3. The van der Waals surface area contributed by atoms with Gasteiger partial charge in [0, 0.05) is 0 Å². The molecule has 0 aliphatic carbocycles. The van der Waals surface area contributed by atoms with Crippen LogP contribution < -0.4 is 0 Å². The molecule has 0 spiro atoms. The molecule has 1 aromatic carbocycles. The molecule has 0 bridgehead atoms. The van der Waals surface area contributed by atoms with Crippen LogP contribution in [0.4, 0.5) is 0 Å². The lowest BCUT2D eigenvalue weighted by atomic mass is 10.2. The molecule has 0 aliphatic rings. The zero-order valence-corrected chi connectivity index (χ0v) is 12.4. The Hall–Kier alpha value is -0.910. The molecule has 0 fully saturated rings. The molecule has 1 rings (SSSR count). The van der Waals surface area contributed by atoms with Crippen molar-refractivity contribution in [1.82, 2.24) is 4.90 Å². The van der Waals surface area contributed by atoms with Crippen LogP contribution in [-0.4, -0.2) is 37.5 Å². The van der Waals surface area contributed by atoms with E-state index in [1.807, 2.05) is 0 Å². The highest BCUT2D eigenvalue weighted by atomic mass is 32.2. The van der Waals surface area contributed by atoms with Crippen molar-refractivity contribution in [2.24, 2.45) is 0 Å². The minimum atomic E-state index is -4.03. The van der Waals surface area contributed by atoms with E-state index in [1.54, 1.807) is 25.1 Å². The second kappa shape index (κ2) is 8.24. The first-order chi connectivity index (χ1) is 8.36. The molecule has 0 atom stereocenters. The second-order valence-electron chi connectivity index (χ2n) is 3.86. The Kier molecular flexibility index (Phi) is 7.82. The topological polar surface area (TPSA) is 57.6 Å². The van der Waals surface area contributed by atoms with E-state index >= 15 is 0 Å². The summed E-state index contributed by atoms with van der Waals surface area (Å²) in [6, 6.07) is 6.27. The number of aryl methyl sites for hydroxylation is 1. The molecule has 0 aromatic heterocycles. The summed E-state index contributed by atoms with van der Waals surface area (Å²) >= 11 is 0. The summed E-state index contributed by atoms with van der Waals surface area (Å²) in [6.07, 6.45) is 0. The van der Waals surface area contributed by atoms with Crippen LogP contribution in [0.1, 0.15) is 26.3 Å². The van der Waals surface area contributed by atoms with E-state index in [-0.39, 0.29) is 4.90 Å². The van der Waals surface area contributed by atoms with Gasteiger partial charge in [0.05, 0.1) is 4.90 Å². The molecule has 0 saturated carbocycles. The summed E-state index contributed by atoms with van der Waals surface area (Å²) < 4.78 is 29.9. The fraction of sp³-hybridized carbons (Fsp3) is 0.538. The van der Waals surface area contributed by atoms with Crippen LogP contribution >= 0.6 is 0 Å². The molecule has 0 heterocycles. The van der Waals surface area contributed by atoms with E-state index in [0.29, 0.717) is 5.56 Å². The van der Waals surface area contributed by atoms with Crippen LogP contribution in [0.25, 0.3) is 0 Å². The number of hydrogen-bond donors (Lipinski definition) is 1. The highest BCUT2D eigenvalue weighted by molar-refractivity contribution is 7.85. The lowest BCUT2D eigenvalue weighted by Gasteiger charge is -2.13. The lowest BCUT2D eigenvalue weighted by Crippen LogP contribution is -2.21. The van der Waals surface area contributed by atoms with E-state index in [9.17, 15) is 8.42 Å². The molecule has 0 unspecified atom stereocenters. The lowest BCUT2D eigenvalue weighted by molar-refractivity contribution is 0.321. The van der Waals surface area contributed by atoms with Gasteiger partial charge in [0.2, 0.25) is 0 Å². The normalized spacial score (nSPS) is 11.0. The summed E-state index contributed by atoms with van der Waals surface area (Å²) in [5, 5.41) is 0. The average Bonchev–Trinajstić information content (AvgIpc) is 2.31. The standard InChI is InChI=1S/C7H8O3S.C6H15N/c1-6-4-2-3-5-7(6)11(8,9)10;1-4-7(5-2)6-3/h2-5H,1H3,(H,8,9,10);4-6H2,1-3H3. The van der Waals surface area contributed by atoms with Crippen molar-refractivity contribution in [3.05, 3.63) is 29.8 Å². The SMILES string of the molecule is CCN(CC)CC.Cc1ccccc1S(=O)(=O)O. The fourth-order valence-electron chi connectivity index (χ4n) is 1.52. The minimum Gasteiger partial charge on any atom is -0.304 e. The first-order valence-corrected chi connectivity index (χ1v) is 7.56. The van der Waals surface area contributed by atoms with Gasteiger partial charge in [-0.05, 0) is 38.2 Å². The molecule has 4 nitrogen and oxygen atoms in total. The third-order valence-corrected chi connectivity index (χ3v) is 3.73. The van der Waals surface area contributed by atoms with Crippen molar-refractivity contribution in [3.63, 3.8) is 0 Å². The van der Waals surface area contributed by atoms with Gasteiger partial charge in [-0.3, -0.25) is 4.55 Å². The maximum Gasteiger partial charge on any atom is 0.294 e. The van der Waals surface area contributed by atoms with Crippen LogP contribution in [0.3, 0.4) is 0 Å². The summed E-state index contributed by atoms with van der Waals surface area (Å²) in [4.78, 5) is 2.35.